The number of halogens is 1. The zero-order chi connectivity index (χ0) is 19.7. The number of thiazole rings is 1. The second kappa shape index (κ2) is 7.47. The Kier molecular flexibility index (Phi) is 4.87. The molecular weight excluding hydrogens is 381 g/mol. The number of pyridine rings is 1. The minimum atomic E-state index is -0.520. The molecule has 28 heavy (non-hydrogen) atoms. The molecule has 0 N–H and O–H groups in total. The summed E-state index contributed by atoms with van der Waals surface area (Å²) in [5.41, 5.74) is 2.90. The number of hydrogen-bond acceptors (Lipinski definition) is 7. The Bertz CT molecular complexity index is 1150. The Morgan fingerprint density at radius 2 is 2.04 bits per heavy atom. The molecular formula is C20H16FN3O3S. The van der Waals surface area contributed by atoms with Crippen LogP contribution in [0.15, 0.2) is 40.2 Å². The van der Waals surface area contributed by atoms with E-state index in [1.807, 2.05) is 12.3 Å². The van der Waals surface area contributed by atoms with Gasteiger partial charge in [-0.15, -0.1) is 11.3 Å². The molecule has 3 heterocycles. The van der Waals surface area contributed by atoms with Crippen molar-refractivity contribution in [3.63, 3.8) is 0 Å². The van der Waals surface area contributed by atoms with Crippen LogP contribution in [0.2, 0.25) is 0 Å². The largest absolute Gasteiger partial charge is 0.456 e. The lowest BCUT2D eigenvalue weighted by Gasteiger charge is -2.07. The summed E-state index contributed by atoms with van der Waals surface area (Å²) in [7, 11) is 0. The molecule has 0 amide bonds. The predicted molar refractivity (Wildman–Crippen MR) is 103 cm³/mol. The number of aryl methyl sites for hydroxylation is 2. The van der Waals surface area contributed by atoms with E-state index in [1.165, 1.54) is 23.5 Å². The maximum Gasteiger partial charge on any atom is 0.339 e. The molecule has 0 fully saturated rings. The van der Waals surface area contributed by atoms with E-state index in [4.69, 9.17) is 9.26 Å². The number of esters is 1. The summed E-state index contributed by atoms with van der Waals surface area (Å²) in [5, 5.41) is 7.28. The highest BCUT2D eigenvalue weighted by atomic mass is 32.1. The fourth-order valence-electron chi connectivity index (χ4n) is 2.82. The van der Waals surface area contributed by atoms with Gasteiger partial charge in [0.05, 0.1) is 33.0 Å². The van der Waals surface area contributed by atoms with Crippen molar-refractivity contribution in [3.8, 4) is 11.3 Å². The summed E-state index contributed by atoms with van der Waals surface area (Å²) < 4.78 is 23.9. The first kappa shape index (κ1) is 18.2. The van der Waals surface area contributed by atoms with Crippen molar-refractivity contribution in [2.45, 2.75) is 26.9 Å². The average Bonchev–Trinajstić information content (AvgIpc) is 3.32. The number of hydrogen-bond donors (Lipinski definition) is 0. The van der Waals surface area contributed by atoms with E-state index in [0.717, 1.165) is 11.4 Å². The average molecular weight is 397 g/mol. The van der Waals surface area contributed by atoms with Crippen LogP contribution in [0, 0.1) is 12.7 Å². The number of carbonyl (C=O) groups is 1. The van der Waals surface area contributed by atoms with Crippen molar-refractivity contribution in [3.05, 3.63) is 63.5 Å². The van der Waals surface area contributed by atoms with Crippen LogP contribution in [0.3, 0.4) is 0 Å². The van der Waals surface area contributed by atoms with E-state index >= 15 is 0 Å². The van der Waals surface area contributed by atoms with Crippen LogP contribution in [-0.2, 0) is 17.8 Å². The van der Waals surface area contributed by atoms with Crippen LogP contribution in [0.1, 0.15) is 33.7 Å². The predicted octanol–water partition coefficient (Wildman–Crippen LogP) is 4.71. The van der Waals surface area contributed by atoms with Crippen LogP contribution >= 0.6 is 11.3 Å². The van der Waals surface area contributed by atoms with Crippen LogP contribution in [0.25, 0.3) is 22.4 Å². The third-order valence-corrected chi connectivity index (χ3v) is 5.27. The number of benzene rings is 1. The molecule has 3 aromatic heterocycles. The maximum absolute atomic E-state index is 13.2. The van der Waals surface area contributed by atoms with Crippen molar-refractivity contribution >= 4 is 28.4 Å². The van der Waals surface area contributed by atoms with Gasteiger partial charge in [-0.25, -0.2) is 19.2 Å². The molecule has 0 spiro atoms. The Morgan fingerprint density at radius 1 is 1.25 bits per heavy atom. The summed E-state index contributed by atoms with van der Waals surface area (Å²) in [6.45, 7) is 3.83. The Morgan fingerprint density at radius 3 is 2.75 bits per heavy atom. The van der Waals surface area contributed by atoms with E-state index in [-0.39, 0.29) is 18.1 Å². The van der Waals surface area contributed by atoms with E-state index in [0.29, 0.717) is 33.6 Å². The van der Waals surface area contributed by atoms with Gasteiger partial charge in [0.25, 0.3) is 5.71 Å². The third-order valence-electron chi connectivity index (χ3n) is 4.23. The van der Waals surface area contributed by atoms with Gasteiger partial charge in [-0.1, -0.05) is 12.1 Å². The van der Waals surface area contributed by atoms with Crippen molar-refractivity contribution in [2.24, 2.45) is 0 Å². The van der Waals surface area contributed by atoms with Crippen molar-refractivity contribution in [1.82, 2.24) is 15.1 Å². The topological polar surface area (TPSA) is 78.1 Å². The molecule has 0 saturated carbocycles. The first-order valence-electron chi connectivity index (χ1n) is 8.68. The van der Waals surface area contributed by atoms with Crippen molar-refractivity contribution in [1.29, 1.82) is 0 Å². The molecule has 0 aliphatic heterocycles. The van der Waals surface area contributed by atoms with E-state index < -0.39 is 5.97 Å². The molecule has 4 aromatic rings. The molecule has 8 heteroatoms. The maximum atomic E-state index is 13.2. The lowest BCUT2D eigenvalue weighted by atomic mass is 10.1. The van der Waals surface area contributed by atoms with Crippen LogP contribution in [0.5, 0.6) is 0 Å². The van der Waals surface area contributed by atoms with Gasteiger partial charge < -0.3 is 9.26 Å². The molecule has 4 rings (SSSR count). The first-order valence-corrected chi connectivity index (χ1v) is 9.56. The molecule has 0 saturated heterocycles. The van der Waals surface area contributed by atoms with Crippen LogP contribution in [0.4, 0.5) is 4.39 Å². The van der Waals surface area contributed by atoms with Crippen LogP contribution < -0.4 is 0 Å². The standard InChI is InChI=1S/C20H16FN3O3S/c1-3-17-22-14(10-28-17)9-26-20(25)15-8-16(12-4-6-13(21)7-5-12)23-19-18(15)11(2)24-27-19/h4-8,10H,3,9H2,1-2H3. The smallest absolute Gasteiger partial charge is 0.339 e. The highest BCUT2D eigenvalue weighted by Gasteiger charge is 2.21. The van der Waals surface area contributed by atoms with Crippen molar-refractivity contribution in [2.75, 3.05) is 0 Å². The highest BCUT2D eigenvalue weighted by molar-refractivity contribution is 7.09. The number of carbonyl (C=O) groups excluding carboxylic acids is 1. The second-order valence-corrected chi connectivity index (χ2v) is 7.12. The first-order chi connectivity index (χ1) is 13.5. The fraction of sp³-hybridized carbons (Fsp3) is 0.200. The minimum absolute atomic E-state index is 0.0787. The zero-order valence-electron chi connectivity index (χ0n) is 15.2. The number of ether oxygens (including phenoxy) is 1. The third kappa shape index (κ3) is 3.50. The van der Waals surface area contributed by atoms with E-state index in [2.05, 4.69) is 15.1 Å². The molecule has 0 aliphatic carbocycles. The van der Waals surface area contributed by atoms with Gasteiger partial charge in [-0.2, -0.15) is 0 Å². The number of fused-ring (bicyclic) bond motifs is 1. The van der Waals surface area contributed by atoms with Gasteiger partial charge in [0.1, 0.15) is 12.4 Å². The fourth-order valence-corrected chi connectivity index (χ4v) is 3.55. The van der Waals surface area contributed by atoms with Crippen LogP contribution in [-0.4, -0.2) is 21.1 Å². The normalized spacial score (nSPS) is 11.1. The molecule has 0 unspecified atom stereocenters. The van der Waals surface area contributed by atoms with E-state index in [9.17, 15) is 9.18 Å². The molecule has 0 aliphatic rings. The molecule has 1 aromatic carbocycles. The SMILES string of the molecule is CCc1nc(COC(=O)c2cc(-c3ccc(F)cc3)nc3onc(C)c23)cs1. The van der Waals surface area contributed by atoms with Gasteiger partial charge in [-0.05, 0) is 43.7 Å². The molecule has 0 atom stereocenters. The molecule has 6 nitrogen and oxygen atoms in total. The molecule has 0 radical (unpaired) electrons. The number of aromatic nitrogens is 3. The summed E-state index contributed by atoms with van der Waals surface area (Å²) >= 11 is 1.54. The monoisotopic (exact) mass is 397 g/mol. The highest BCUT2D eigenvalue weighted by Crippen LogP contribution is 2.28. The lowest BCUT2D eigenvalue weighted by molar-refractivity contribution is 0.0470. The number of rotatable bonds is 5. The molecule has 142 valence electrons. The van der Waals surface area contributed by atoms with Gasteiger partial charge in [0.15, 0.2) is 0 Å². The quantitative estimate of drug-likeness (QED) is 0.454. The second-order valence-electron chi connectivity index (χ2n) is 6.17. The van der Waals surface area contributed by atoms with Crippen molar-refractivity contribution < 1.29 is 18.4 Å². The summed E-state index contributed by atoms with van der Waals surface area (Å²) in [6, 6.07) is 7.45. The minimum Gasteiger partial charge on any atom is -0.456 e. The Hall–Kier alpha value is -3.13. The zero-order valence-corrected chi connectivity index (χ0v) is 16.0. The Labute approximate surface area is 164 Å². The van der Waals surface area contributed by atoms with Gasteiger partial charge in [-0.3, -0.25) is 0 Å². The summed E-state index contributed by atoms with van der Waals surface area (Å²) in [5.74, 6) is -0.872. The lowest BCUT2D eigenvalue weighted by Crippen LogP contribution is -2.07. The van der Waals surface area contributed by atoms with E-state index in [1.54, 1.807) is 25.1 Å². The Balaban J connectivity index is 1.68. The number of nitrogens with zero attached hydrogens (tertiary/aromatic N) is 3. The van der Waals surface area contributed by atoms with Gasteiger partial charge >= 0.3 is 5.97 Å². The summed E-state index contributed by atoms with van der Waals surface area (Å²) in [6.07, 6.45) is 0.838. The summed E-state index contributed by atoms with van der Waals surface area (Å²) in [4.78, 5) is 21.6. The van der Waals surface area contributed by atoms with Gasteiger partial charge in [0.2, 0.25) is 0 Å². The molecule has 0 bridgehead atoms. The van der Waals surface area contributed by atoms with Gasteiger partial charge in [0, 0.05) is 10.9 Å².